The van der Waals surface area contributed by atoms with Crippen LogP contribution >= 0.6 is 23.2 Å². The van der Waals surface area contributed by atoms with E-state index in [4.69, 9.17) is 34.7 Å². The van der Waals surface area contributed by atoms with E-state index in [1.54, 1.807) is 26.0 Å². The van der Waals surface area contributed by atoms with Gasteiger partial charge in [0.1, 0.15) is 0 Å². The summed E-state index contributed by atoms with van der Waals surface area (Å²) >= 11 is 13.6. The van der Waals surface area contributed by atoms with Crippen molar-refractivity contribution in [2.24, 2.45) is 23.3 Å². The zero-order valence-corrected chi connectivity index (χ0v) is 36.4. The first kappa shape index (κ1) is 41.4. The van der Waals surface area contributed by atoms with Gasteiger partial charge in [-0.2, -0.15) is 0 Å². The van der Waals surface area contributed by atoms with E-state index >= 15 is 0 Å². The summed E-state index contributed by atoms with van der Waals surface area (Å²) in [5.41, 5.74) is 22.8. The number of likely N-dealkylation sites (tertiary alicyclic amines) is 2. The van der Waals surface area contributed by atoms with Crippen LogP contribution in [0.15, 0.2) is 60.7 Å². The summed E-state index contributed by atoms with van der Waals surface area (Å²) in [6.07, 6.45) is 5.49. The van der Waals surface area contributed by atoms with Gasteiger partial charge in [0.05, 0.1) is 33.5 Å². The van der Waals surface area contributed by atoms with Gasteiger partial charge < -0.3 is 31.1 Å². The normalized spacial score (nSPS) is 21.1. The van der Waals surface area contributed by atoms with E-state index in [1.165, 1.54) is 11.1 Å². The highest BCUT2D eigenvalue weighted by Gasteiger charge is 2.44. The fourth-order valence-corrected chi connectivity index (χ4v) is 11.8. The van der Waals surface area contributed by atoms with Crippen LogP contribution in [0.25, 0.3) is 22.3 Å². The number of primary amides is 2. The number of amides is 4. The number of hydrogen-bond donors (Lipinski definition) is 2. The van der Waals surface area contributed by atoms with Gasteiger partial charge in [0, 0.05) is 61.5 Å². The Morgan fingerprint density at radius 2 is 1.02 bits per heavy atom. The molecular weight excluding hydrogens is 819 g/mol. The van der Waals surface area contributed by atoms with E-state index < -0.39 is 11.8 Å². The molecule has 0 spiro atoms. The molecule has 4 aliphatic heterocycles. The lowest BCUT2D eigenvalue weighted by Crippen LogP contribution is -2.48. The summed E-state index contributed by atoms with van der Waals surface area (Å²) in [7, 11) is 0. The third kappa shape index (κ3) is 7.13. The van der Waals surface area contributed by atoms with Crippen LogP contribution in [0, 0.1) is 35.5 Å². The van der Waals surface area contributed by atoms with Crippen molar-refractivity contribution in [1.29, 1.82) is 0 Å². The molecule has 4 N–H and O–H groups in total. The largest absolute Gasteiger partial charge is 0.367 e. The molecule has 0 unspecified atom stereocenters. The monoisotopic (exact) mass is 866 g/mol. The first-order valence-electron chi connectivity index (χ1n) is 21.4. The molecule has 0 saturated carbocycles. The Bertz CT molecular complexity index is 2510. The molecule has 0 radical (unpaired) electrons. The molecule has 4 saturated heterocycles. The first-order valence-corrected chi connectivity index (χ1v) is 22.2. The number of hydrogen-bond acceptors (Lipinski definition) is 6. The summed E-state index contributed by atoms with van der Waals surface area (Å²) in [5, 5.41) is 1.07. The second-order valence-corrected chi connectivity index (χ2v) is 17.9. The number of anilines is 2. The molecule has 4 aromatic rings. The maximum Gasteiger partial charge on any atom is 0.298 e. The highest BCUT2D eigenvalue weighted by atomic mass is 35.5. The van der Waals surface area contributed by atoms with Gasteiger partial charge >= 0.3 is 0 Å². The Balaban J connectivity index is 0.000000158. The Kier molecular flexibility index (Phi) is 11.2. The van der Waals surface area contributed by atoms with Gasteiger partial charge in [0.2, 0.25) is 11.8 Å². The van der Waals surface area contributed by atoms with Crippen LogP contribution in [0.1, 0.15) is 82.5 Å². The fourth-order valence-electron chi connectivity index (χ4n) is 11.2. The van der Waals surface area contributed by atoms with Crippen LogP contribution < -0.4 is 21.3 Å². The molecule has 4 atom stereocenters. The number of halogens is 2. The average Bonchev–Trinajstić information content (AvgIpc) is 4.06. The second kappa shape index (κ2) is 16.7. The lowest BCUT2D eigenvalue weighted by molar-refractivity contribution is -0.129. The van der Waals surface area contributed by atoms with Gasteiger partial charge in [0.25, 0.3) is 11.8 Å². The molecule has 4 amide bonds. The topological polar surface area (TPSA) is 133 Å². The van der Waals surface area contributed by atoms with Crippen LogP contribution in [-0.2, 0) is 22.4 Å². The van der Waals surface area contributed by atoms with Crippen molar-refractivity contribution in [1.82, 2.24) is 9.80 Å². The van der Waals surface area contributed by atoms with Crippen molar-refractivity contribution in [2.45, 2.75) is 64.5 Å². The molecule has 316 valence electrons. The number of carbonyl (C=O) groups is 4. The Morgan fingerprint density at radius 1 is 0.613 bits per heavy atom. The van der Waals surface area contributed by atoms with E-state index in [0.29, 0.717) is 58.9 Å². The maximum absolute atomic E-state index is 12.6. The molecule has 4 aromatic carbocycles. The Hall–Kier alpha value is -5.94. The lowest BCUT2D eigenvalue weighted by Gasteiger charge is -2.35. The van der Waals surface area contributed by atoms with Crippen molar-refractivity contribution >= 4 is 58.2 Å². The van der Waals surface area contributed by atoms with E-state index in [9.17, 15) is 19.2 Å². The van der Waals surface area contributed by atoms with E-state index in [2.05, 4.69) is 57.7 Å². The van der Waals surface area contributed by atoms with Gasteiger partial charge in [0.15, 0.2) is 0 Å². The number of carbonyl (C=O) groups excluding carboxylic acids is 4. The number of piperidine rings is 2. The van der Waals surface area contributed by atoms with Crippen LogP contribution in [0.4, 0.5) is 11.4 Å². The summed E-state index contributed by atoms with van der Waals surface area (Å²) in [6, 6.07) is 20.1. The van der Waals surface area contributed by atoms with Crippen molar-refractivity contribution in [3.05, 3.63) is 104 Å². The smallest absolute Gasteiger partial charge is 0.298 e. The molecule has 0 aromatic heterocycles. The molecule has 6 aliphatic rings. The predicted molar refractivity (Wildman–Crippen MR) is 244 cm³/mol. The summed E-state index contributed by atoms with van der Waals surface area (Å²) in [5.74, 6) is 10.6. The minimum absolute atomic E-state index is 0.0928. The number of nitrogens with two attached hydrogens (primary N) is 2. The van der Waals surface area contributed by atoms with Gasteiger partial charge in [-0.3, -0.25) is 19.2 Å². The molecule has 2 aliphatic carbocycles. The van der Waals surface area contributed by atoms with Crippen molar-refractivity contribution < 1.29 is 19.2 Å². The second-order valence-electron chi connectivity index (χ2n) is 17.1. The summed E-state index contributed by atoms with van der Waals surface area (Å²) in [4.78, 5) is 58.0. The van der Waals surface area contributed by atoms with Crippen LogP contribution in [-0.4, -0.2) is 84.8 Å². The molecule has 10 rings (SSSR count). The fraction of sp³-hybridized carbons (Fsp3) is 0.360. The third-order valence-corrected chi connectivity index (χ3v) is 14.3. The van der Waals surface area contributed by atoms with Crippen LogP contribution in [0.5, 0.6) is 0 Å². The van der Waals surface area contributed by atoms with E-state index in [0.717, 1.165) is 96.6 Å². The molecule has 4 fully saturated rings. The number of fused-ring (bicyclic) bond motifs is 8. The third-order valence-electron chi connectivity index (χ3n) is 13.7. The van der Waals surface area contributed by atoms with Crippen molar-refractivity contribution in [2.75, 3.05) is 49.1 Å². The molecule has 10 nitrogen and oxygen atoms in total. The van der Waals surface area contributed by atoms with E-state index in [1.807, 2.05) is 34.1 Å². The Morgan fingerprint density at radius 3 is 1.40 bits per heavy atom. The quantitative estimate of drug-likeness (QED) is 0.185. The standard InChI is InChI=1S/2C25H24ClN3O2/c2*1-2-6-22(30)29-10-5-8-16-13-28(14-21(16)29)24-20(26)12-19(25(27)31)18-11-15-7-3-4-9-17(15)23(18)24/h2*3-4,7,9,12,16,21H,5,8,10-11,13-14H2,1H3,(H2,27,31)/t2*16-,21+/m10/s1. The van der Waals surface area contributed by atoms with Gasteiger partial charge in [-0.15, -0.1) is 0 Å². The summed E-state index contributed by atoms with van der Waals surface area (Å²) in [6.45, 7) is 7.98. The number of rotatable bonds is 4. The molecular formula is C50H48Cl2N6O4. The van der Waals surface area contributed by atoms with E-state index in [-0.39, 0.29) is 23.9 Å². The molecule has 12 heteroatoms. The van der Waals surface area contributed by atoms with Gasteiger partial charge in [-0.1, -0.05) is 83.6 Å². The highest BCUT2D eigenvalue weighted by Crippen LogP contribution is 2.51. The van der Waals surface area contributed by atoms with Gasteiger partial charge in [-0.25, -0.2) is 0 Å². The van der Waals surface area contributed by atoms with Gasteiger partial charge in [-0.05, 0) is 122 Å². The minimum atomic E-state index is -0.456. The van der Waals surface area contributed by atoms with Crippen LogP contribution in [0.3, 0.4) is 0 Å². The lowest BCUT2D eigenvalue weighted by atomic mass is 9.92. The molecule has 62 heavy (non-hydrogen) atoms. The van der Waals surface area contributed by atoms with Crippen molar-refractivity contribution in [3.8, 4) is 45.9 Å². The zero-order chi connectivity index (χ0) is 43.4. The highest BCUT2D eigenvalue weighted by molar-refractivity contribution is 6.35. The Labute approximate surface area is 372 Å². The maximum atomic E-state index is 12.6. The van der Waals surface area contributed by atoms with Crippen molar-refractivity contribution in [3.63, 3.8) is 0 Å². The summed E-state index contributed by atoms with van der Waals surface area (Å²) < 4.78 is 0. The number of benzene rings is 4. The minimum Gasteiger partial charge on any atom is -0.367 e. The average molecular weight is 868 g/mol. The first-order chi connectivity index (χ1) is 30.0. The molecule has 0 bridgehead atoms. The predicted octanol–water partition coefficient (Wildman–Crippen LogP) is 6.92. The van der Waals surface area contributed by atoms with Crippen LogP contribution in [0.2, 0.25) is 10.0 Å². The zero-order valence-electron chi connectivity index (χ0n) is 34.9. The number of nitrogens with zero attached hydrogens (tertiary/aromatic N) is 4. The SMILES string of the molecule is CC#CC(=O)N1CCC[C@@H]2CN(c3c(Cl)cc(C(N)=O)c4c3-c3ccccc3C4)C[C@@H]21.CC#CC(=O)N1CCC[C@H]2CN(c3c(Cl)cc(C(N)=O)c4c3-c3ccccc3C4)C[C@H]21. The molecule has 4 heterocycles.